The van der Waals surface area contributed by atoms with E-state index in [4.69, 9.17) is 11.6 Å². The van der Waals surface area contributed by atoms with E-state index in [-0.39, 0.29) is 0 Å². The van der Waals surface area contributed by atoms with Crippen molar-refractivity contribution < 1.29 is 5.11 Å². The zero-order valence-corrected chi connectivity index (χ0v) is 8.22. The van der Waals surface area contributed by atoms with E-state index in [0.29, 0.717) is 18.1 Å². The summed E-state index contributed by atoms with van der Waals surface area (Å²) in [4.78, 5) is 0. The summed E-state index contributed by atoms with van der Waals surface area (Å²) >= 11 is 5.57. The van der Waals surface area contributed by atoms with Crippen molar-refractivity contribution in [2.75, 3.05) is 12.4 Å². The van der Waals surface area contributed by atoms with E-state index in [2.05, 4.69) is 10.3 Å². The molecule has 1 aromatic carbocycles. The Hall–Kier alpha value is -1.13. The number of hydrogen-bond acceptors (Lipinski definition) is 4. The lowest BCUT2D eigenvalue weighted by atomic mass is 10.1. The first-order valence-corrected chi connectivity index (χ1v) is 4.87. The van der Waals surface area contributed by atoms with Crippen molar-refractivity contribution in [1.82, 2.24) is 5.01 Å². The largest absolute Gasteiger partial charge is 0.368 e. The number of rotatable bonds is 2. The number of nitrogens with zero attached hydrogens (tertiary/aromatic N) is 3. The summed E-state index contributed by atoms with van der Waals surface area (Å²) in [5.74, 6) is 0.415. The molecule has 0 saturated carbocycles. The summed E-state index contributed by atoms with van der Waals surface area (Å²) in [7, 11) is 0. The van der Waals surface area contributed by atoms with Crippen molar-refractivity contribution >= 4 is 17.3 Å². The second-order valence-corrected chi connectivity index (χ2v) is 3.35. The highest BCUT2D eigenvalue weighted by atomic mass is 35.5. The van der Waals surface area contributed by atoms with Crippen LogP contribution in [0.15, 0.2) is 34.6 Å². The number of hydrogen-bond donors (Lipinski definition) is 1. The zero-order valence-electron chi connectivity index (χ0n) is 7.47. The van der Waals surface area contributed by atoms with Crippen LogP contribution in [0.25, 0.3) is 0 Å². The standard InChI is InChI=1S/C9H10ClN3O/c10-5-6-13-9(14)7-3-1-2-4-8(7)11-12-13/h1-4,9,14H,5-6H2. The molecule has 0 amide bonds. The van der Waals surface area contributed by atoms with Crippen LogP contribution in [0.4, 0.5) is 5.69 Å². The molecule has 0 radical (unpaired) electrons. The fraction of sp³-hybridized carbons (Fsp3) is 0.333. The van der Waals surface area contributed by atoms with Crippen LogP contribution in [0.2, 0.25) is 0 Å². The van der Waals surface area contributed by atoms with Gasteiger partial charge in [-0.15, -0.1) is 16.7 Å². The Kier molecular flexibility index (Phi) is 2.65. The third-order valence-corrected chi connectivity index (χ3v) is 2.25. The fourth-order valence-electron chi connectivity index (χ4n) is 1.37. The Morgan fingerprint density at radius 1 is 1.43 bits per heavy atom. The maximum Gasteiger partial charge on any atom is 0.172 e. The molecule has 0 fully saturated rings. The monoisotopic (exact) mass is 211 g/mol. The topological polar surface area (TPSA) is 48.2 Å². The van der Waals surface area contributed by atoms with Gasteiger partial charge in [-0.3, -0.25) is 0 Å². The average molecular weight is 212 g/mol. The highest BCUT2D eigenvalue weighted by Crippen LogP contribution is 2.32. The van der Waals surface area contributed by atoms with Gasteiger partial charge in [0.1, 0.15) is 0 Å². The van der Waals surface area contributed by atoms with Crippen LogP contribution in [0.3, 0.4) is 0 Å². The Balaban J connectivity index is 2.30. The summed E-state index contributed by atoms with van der Waals surface area (Å²) in [6.07, 6.45) is -0.734. The first kappa shape index (κ1) is 9.43. The molecule has 2 rings (SSSR count). The molecule has 0 spiro atoms. The van der Waals surface area contributed by atoms with Gasteiger partial charge in [0, 0.05) is 11.4 Å². The summed E-state index contributed by atoms with van der Waals surface area (Å²) in [5.41, 5.74) is 1.48. The average Bonchev–Trinajstić information content (AvgIpc) is 2.23. The second kappa shape index (κ2) is 3.94. The smallest absolute Gasteiger partial charge is 0.172 e. The van der Waals surface area contributed by atoms with E-state index in [1.165, 1.54) is 5.01 Å². The Morgan fingerprint density at radius 3 is 3.00 bits per heavy atom. The number of benzene rings is 1. The molecule has 0 saturated heterocycles. The van der Waals surface area contributed by atoms with Crippen LogP contribution in [-0.2, 0) is 0 Å². The van der Waals surface area contributed by atoms with Crippen LogP contribution in [-0.4, -0.2) is 22.5 Å². The molecule has 0 aromatic heterocycles. The van der Waals surface area contributed by atoms with Gasteiger partial charge < -0.3 is 5.11 Å². The van der Waals surface area contributed by atoms with E-state index in [0.717, 1.165) is 5.56 Å². The number of aliphatic hydroxyl groups is 1. The summed E-state index contributed by atoms with van der Waals surface area (Å²) in [5, 5.41) is 19.2. The van der Waals surface area contributed by atoms with Crippen molar-refractivity contribution in [2.45, 2.75) is 6.23 Å². The Morgan fingerprint density at radius 2 is 2.21 bits per heavy atom. The van der Waals surface area contributed by atoms with E-state index in [1.807, 2.05) is 24.3 Å². The Bertz CT molecular complexity index is 356. The number of alkyl halides is 1. The van der Waals surface area contributed by atoms with Crippen molar-refractivity contribution in [3.05, 3.63) is 29.8 Å². The molecular weight excluding hydrogens is 202 g/mol. The van der Waals surface area contributed by atoms with Crippen molar-refractivity contribution in [3.63, 3.8) is 0 Å². The lowest BCUT2D eigenvalue weighted by Gasteiger charge is -2.27. The van der Waals surface area contributed by atoms with Crippen LogP contribution in [0.1, 0.15) is 11.8 Å². The van der Waals surface area contributed by atoms with E-state index in [1.54, 1.807) is 0 Å². The molecule has 5 heteroatoms. The maximum atomic E-state index is 9.87. The minimum atomic E-state index is -0.734. The molecule has 1 aromatic rings. The van der Waals surface area contributed by atoms with E-state index >= 15 is 0 Å². The van der Waals surface area contributed by atoms with Crippen LogP contribution < -0.4 is 0 Å². The third-order valence-electron chi connectivity index (χ3n) is 2.08. The highest BCUT2D eigenvalue weighted by Gasteiger charge is 2.22. The SMILES string of the molecule is OC1c2ccccc2N=NN1CCCl. The number of aliphatic hydroxyl groups excluding tert-OH is 1. The Labute approximate surface area is 86.8 Å². The quantitative estimate of drug-likeness (QED) is 0.763. The molecule has 1 N–H and O–H groups in total. The predicted molar refractivity (Wildman–Crippen MR) is 53.3 cm³/mol. The predicted octanol–water partition coefficient (Wildman–Crippen LogP) is 2.23. The van der Waals surface area contributed by atoms with Gasteiger partial charge in [0.15, 0.2) is 6.23 Å². The van der Waals surface area contributed by atoms with Crippen molar-refractivity contribution in [1.29, 1.82) is 0 Å². The molecule has 1 atom stereocenters. The van der Waals surface area contributed by atoms with Gasteiger partial charge in [0.2, 0.25) is 0 Å². The lowest BCUT2D eigenvalue weighted by Crippen LogP contribution is -2.26. The summed E-state index contributed by atoms with van der Waals surface area (Å²) < 4.78 is 0. The van der Waals surface area contributed by atoms with Gasteiger partial charge in [-0.25, -0.2) is 5.01 Å². The van der Waals surface area contributed by atoms with E-state index < -0.39 is 6.23 Å². The van der Waals surface area contributed by atoms with Gasteiger partial charge in [-0.2, -0.15) is 0 Å². The molecule has 74 valence electrons. The van der Waals surface area contributed by atoms with Gasteiger partial charge >= 0.3 is 0 Å². The molecule has 4 nitrogen and oxygen atoms in total. The number of halogens is 1. The lowest BCUT2D eigenvalue weighted by molar-refractivity contribution is -0.00295. The fourth-order valence-corrected chi connectivity index (χ4v) is 1.54. The molecule has 0 bridgehead atoms. The molecule has 1 aliphatic rings. The molecule has 1 unspecified atom stereocenters. The minimum absolute atomic E-state index is 0.415. The van der Waals surface area contributed by atoms with Crippen LogP contribution in [0, 0.1) is 0 Å². The van der Waals surface area contributed by atoms with Gasteiger partial charge in [-0.1, -0.05) is 23.4 Å². The molecule has 1 aliphatic heterocycles. The summed E-state index contributed by atoms with van der Waals surface area (Å²) in [6.45, 7) is 0.487. The number of fused-ring (bicyclic) bond motifs is 1. The van der Waals surface area contributed by atoms with Crippen molar-refractivity contribution in [2.24, 2.45) is 10.3 Å². The second-order valence-electron chi connectivity index (χ2n) is 2.97. The minimum Gasteiger partial charge on any atom is -0.368 e. The van der Waals surface area contributed by atoms with Crippen molar-refractivity contribution in [3.8, 4) is 0 Å². The third kappa shape index (κ3) is 1.58. The zero-order chi connectivity index (χ0) is 9.97. The molecular formula is C9H10ClN3O. The van der Waals surface area contributed by atoms with Crippen LogP contribution in [0.5, 0.6) is 0 Å². The first-order valence-electron chi connectivity index (χ1n) is 4.34. The maximum absolute atomic E-state index is 9.87. The van der Waals surface area contributed by atoms with Gasteiger partial charge in [0.25, 0.3) is 0 Å². The first-order chi connectivity index (χ1) is 6.83. The highest BCUT2D eigenvalue weighted by molar-refractivity contribution is 6.18. The molecule has 14 heavy (non-hydrogen) atoms. The van der Waals surface area contributed by atoms with Gasteiger partial charge in [0.05, 0.1) is 12.2 Å². The molecule has 0 aliphatic carbocycles. The molecule has 1 heterocycles. The normalized spacial score (nSPS) is 19.6. The van der Waals surface area contributed by atoms with E-state index in [9.17, 15) is 5.11 Å². The van der Waals surface area contributed by atoms with Gasteiger partial charge in [-0.05, 0) is 6.07 Å². The van der Waals surface area contributed by atoms with Crippen LogP contribution >= 0.6 is 11.6 Å². The summed E-state index contributed by atoms with van der Waals surface area (Å²) in [6, 6.07) is 7.38.